The minimum atomic E-state index is -0.927. The predicted molar refractivity (Wildman–Crippen MR) is 174 cm³/mol. The van der Waals surface area contributed by atoms with Crippen LogP contribution in [0, 0.1) is 18.8 Å². The Kier molecular flexibility index (Phi) is 10.6. The molecule has 1 unspecified atom stereocenters. The Balaban J connectivity index is 1.75. The van der Waals surface area contributed by atoms with E-state index < -0.39 is 18.0 Å². The second-order valence-corrected chi connectivity index (χ2v) is 12.8. The average Bonchev–Trinajstić information content (AvgIpc) is 3.60. The summed E-state index contributed by atoms with van der Waals surface area (Å²) in [6, 6.07) is -0.409. The Morgan fingerprint density at radius 2 is 1.67 bits per heavy atom. The molecule has 0 spiro atoms. The molecule has 3 aliphatic rings. The number of carbonyl (C=O) groups is 4. The molecule has 0 aliphatic carbocycles. The number of thiol groups is 1. The summed E-state index contributed by atoms with van der Waals surface area (Å²) in [5.74, 6) is -2.52. The van der Waals surface area contributed by atoms with Crippen molar-refractivity contribution in [3.05, 3.63) is 62.3 Å². The summed E-state index contributed by atoms with van der Waals surface area (Å²) in [7, 11) is 0. The molecular weight excluding hydrogens is 596 g/mol. The minimum absolute atomic E-state index is 0.0691. The Morgan fingerprint density at radius 3 is 2.29 bits per heavy atom. The highest BCUT2D eigenvalue weighted by atomic mass is 32.1. The molecule has 0 bridgehead atoms. The average molecular weight is 639 g/mol. The highest BCUT2D eigenvalue weighted by Gasteiger charge is 2.38. The standard InChI is InChI=1S/C33H42N4O7S/c1-15-20(6-8-29(39)40)26(34-23(15)12-25-17(3)22(10-11-38)33(44)36-25)14-27-21(7-9-30(41)42)16(2)24(35-27)13-28-31(19(5)45)18(4)32(43)37-28/h12-13,18-19,26,31,35,38,45H,6-11,14H2,1-5H3,(H,36,44)(H,37,43)(H,39,40)(H,41,42)/b25-12-,28-13-/t18-,19-,26?,31+/m1/s1. The van der Waals surface area contributed by atoms with Crippen LogP contribution in [0.15, 0.2) is 44.8 Å². The van der Waals surface area contributed by atoms with Crippen LogP contribution in [0.25, 0.3) is 6.08 Å². The van der Waals surface area contributed by atoms with Gasteiger partial charge in [-0.2, -0.15) is 12.6 Å². The van der Waals surface area contributed by atoms with Crippen LogP contribution < -0.4 is 10.6 Å². The maximum Gasteiger partial charge on any atom is 0.303 e. The molecule has 12 heteroatoms. The van der Waals surface area contributed by atoms with Gasteiger partial charge in [-0.15, -0.1) is 0 Å². The number of allylic oxidation sites excluding steroid dienone is 4. The largest absolute Gasteiger partial charge is 0.481 e. The number of carboxylic acids is 2. The number of H-pyrrole nitrogens is 1. The van der Waals surface area contributed by atoms with Gasteiger partial charge in [-0.1, -0.05) is 13.8 Å². The van der Waals surface area contributed by atoms with E-state index in [2.05, 4.69) is 28.2 Å². The van der Waals surface area contributed by atoms with Gasteiger partial charge in [0.1, 0.15) is 0 Å². The first-order valence-corrected chi connectivity index (χ1v) is 15.7. The summed E-state index contributed by atoms with van der Waals surface area (Å²) in [5.41, 5.74) is 8.20. The van der Waals surface area contributed by atoms with Crippen molar-refractivity contribution in [2.45, 2.75) is 84.4 Å². The number of rotatable bonds is 13. The molecule has 1 fully saturated rings. The Hall–Kier alpha value is -3.90. The number of nitrogens with zero attached hydrogens (tertiary/aromatic N) is 1. The van der Waals surface area contributed by atoms with Crippen molar-refractivity contribution >= 4 is 48.2 Å². The zero-order valence-electron chi connectivity index (χ0n) is 26.3. The number of aliphatic hydroxyl groups excluding tert-OH is 1. The van der Waals surface area contributed by atoms with E-state index in [4.69, 9.17) is 4.99 Å². The predicted octanol–water partition coefficient (Wildman–Crippen LogP) is 3.64. The molecule has 1 aromatic rings. The summed E-state index contributed by atoms with van der Waals surface area (Å²) in [4.78, 5) is 56.6. The number of carbonyl (C=O) groups excluding carboxylic acids is 2. The van der Waals surface area contributed by atoms with Gasteiger partial charge < -0.3 is 30.9 Å². The van der Waals surface area contributed by atoms with Gasteiger partial charge in [0.2, 0.25) is 5.91 Å². The Labute approximate surface area is 268 Å². The SMILES string of the molecule is CC1=C(CCC(=O)O)C(Cc2[nH]c(/C=C3\NC(=O)[C@H](C)[C@H]3[C@@H](C)S)c(C)c2CCC(=O)O)N=C1/C=C1\NC(=O)C(CCO)=C1C. The zero-order chi connectivity index (χ0) is 33.2. The molecule has 6 N–H and O–H groups in total. The van der Waals surface area contributed by atoms with Crippen LogP contribution >= 0.6 is 12.6 Å². The van der Waals surface area contributed by atoms with E-state index in [1.807, 2.05) is 40.7 Å². The maximum atomic E-state index is 12.5. The fourth-order valence-corrected chi connectivity index (χ4v) is 6.94. The van der Waals surface area contributed by atoms with E-state index in [9.17, 15) is 34.5 Å². The lowest BCUT2D eigenvalue weighted by Crippen LogP contribution is -2.19. The topological polar surface area (TPSA) is 181 Å². The van der Waals surface area contributed by atoms with Crippen molar-refractivity contribution < 1.29 is 34.5 Å². The van der Waals surface area contributed by atoms with E-state index in [0.717, 1.165) is 44.9 Å². The molecule has 3 aliphatic heterocycles. The van der Waals surface area contributed by atoms with Gasteiger partial charge in [-0.25, -0.2) is 0 Å². The number of hydrogen-bond acceptors (Lipinski definition) is 7. The summed E-state index contributed by atoms with van der Waals surface area (Å²) in [6.45, 7) is 9.30. The lowest BCUT2D eigenvalue weighted by atomic mass is 9.91. The normalized spacial score (nSPS) is 24.2. The van der Waals surface area contributed by atoms with Crippen molar-refractivity contribution in [1.82, 2.24) is 15.6 Å². The number of aromatic nitrogens is 1. The molecule has 1 aromatic heterocycles. The molecule has 2 amide bonds. The maximum absolute atomic E-state index is 12.5. The number of hydrogen-bond donors (Lipinski definition) is 7. The lowest BCUT2D eigenvalue weighted by molar-refractivity contribution is -0.138. The molecule has 0 radical (unpaired) electrons. The molecule has 45 heavy (non-hydrogen) atoms. The molecule has 0 saturated carbocycles. The third kappa shape index (κ3) is 7.33. The second kappa shape index (κ2) is 14.0. The molecule has 4 rings (SSSR count). The number of aromatic amines is 1. The monoisotopic (exact) mass is 638 g/mol. The summed E-state index contributed by atoms with van der Waals surface area (Å²) in [6.07, 6.45) is 4.74. The van der Waals surface area contributed by atoms with Gasteiger partial charge in [0.15, 0.2) is 0 Å². The summed E-state index contributed by atoms with van der Waals surface area (Å²) >= 11 is 4.62. The van der Waals surface area contributed by atoms with Gasteiger partial charge in [-0.3, -0.25) is 24.2 Å². The van der Waals surface area contributed by atoms with Crippen LogP contribution in [0.1, 0.15) is 75.9 Å². The summed E-state index contributed by atoms with van der Waals surface area (Å²) < 4.78 is 0. The summed E-state index contributed by atoms with van der Waals surface area (Å²) in [5, 5.41) is 34.1. The first-order chi connectivity index (χ1) is 21.2. The molecule has 11 nitrogen and oxygen atoms in total. The zero-order valence-corrected chi connectivity index (χ0v) is 27.2. The number of carboxylic acid groups (broad SMARTS) is 2. The van der Waals surface area contributed by atoms with Crippen LogP contribution in [-0.4, -0.2) is 67.7 Å². The number of amides is 2. The van der Waals surface area contributed by atoms with Crippen LogP contribution in [0.5, 0.6) is 0 Å². The van der Waals surface area contributed by atoms with E-state index in [1.54, 1.807) is 6.08 Å². The molecule has 1 saturated heterocycles. The van der Waals surface area contributed by atoms with Gasteiger partial charge in [0.25, 0.3) is 5.91 Å². The van der Waals surface area contributed by atoms with Crippen molar-refractivity contribution in [3.8, 4) is 0 Å². The number of aliphatic carboxylic acids is 2. The molecule has 4 heterocycles. The number of aliphatic imine (C=N–C) groups is 1. The third-order valence-electron chi connectivity index (χ3n) is 9.08. The number of nitrogens with one attached hydrogen (secondary N) is 3. The molecule has 4 atom stereocenters. The first kappa shape index (κ1) is 34.0. The minimum Gasteiger partial charge on any atom is -0.481 e. The molecule has 0 aromatic carbocycles. The van der Waals surface area contributed by atoms with Gasteiger partial charge in [0.05, 0.1) is 11.8 Å². The van der Waals surface area contributed by atoms with Crippen LogP contribution in [0.2, 0.25) is 0 Å². The van der Waals surface area contributed by atoms with E-state index >= 15 is 0 Å². The number of aliphatic hydroxyl groups is 1. The van der Waals surface area contributed by atoms with E-state index in [0.29, 0.717) is 23.4 Å². The molecule has 242 valence electrons. The Morgan fingerprint density at radius 1 is 1.00 bits per heavy atom. The fourth-order valence-electron chi connectivity index (χ4n) is 6.53. The van der Waals surface area contributed by atoms with Gasteiger partial charge in [0, 0.05) is 77.7 Å². The fraction of sp³-hybridized carbons (Fsp3) is 0.485. The van der Waals surface area contributed by atoms with Crippen molar-refractivity contribution in [1.29, 1.82) is 0 Å². The van der Waals surface area contributed by atoms with Crippen molar-refractivity contribution in [2.75, 3.05) is 6.61 Å². The highest BCUT2D eigenvalue weighted by molar-refractivity contribution is 7.80. The van der Waals surface area contributed by atoms with Gasteiger partial charge >= 0.3 is 11.9 Å². The Bertz CT molecular complexity index is 1580. The first-order valence-electron chi connectivity index (χ1n) is 15.2. The van der Waals surface area contributed by atoms with Gasteiger partial charge in [-0.05, 0) is 73.6 Å². The van der Waals surface area contributed by atoms with E-state index in [1.165, 1.54) is 0 Å². The molecular formula is C33H42N4O7S. The second-order valence-electron chi connectivity index (χ2n) is 12.0. The van der Waals surface area contributed by atoms with E-state index in [-0.39, 0.29) is 67.6 Å². The highest BCUT2D eigenvalue weighted by Crippen LogP contribution is 2.36. The van der Waals surface area contributed by atoms with Crippen LogP contribution in [0.3, 0.4) is 0 Å². The third-order valence-corrected chi connectivity index (χ3v) is 9.41. The lowest BCUT2D eigenvalue weighted by Gasteiger charge is -2.17. The van der Waals surface area contributed by atoms with Crippen LogP contribution in [0.4, 0.5) is 0 Å². The van der Waals surface area contributed by atoms with Crippen molar-refractivity contribution in [3.63, 3.8) is 0 Å². The van der Waals surface area contributed by atoms with Crippen molar-refractivity contribution in [2.24, 2.45) is 16.8 Å². The smallest absolute Gasteiger partial charge is 0.303 e. The van der Waals surface area contributed by atoms with Crippen LogP contribution in [-0.2, 0) is 32.0 Å². The quantitative estimate of drug-likeness (QED) is 0.161.